The van der Waals surface area contributed by atoms with E-state index in [4.69, 9.17) is 27.7 Å². The van der Waals surface area contributed by atoms with E-state index in [1.54, 1.807) is 24.6 Å². The van der Waals surface area contributed by atoms with E-state index in [1.807, 2.05) is 6.92 Å². The summed E-state index contributed by atoms with van der Waals surface area (Å²) >= 11 is 12.3. The molecule has 9 nitrogen and oxygen atoms in total. The van der Waals surface area contributed by atoms with E-state index in [0.717, 1.165) is 5.69 Å². The zero-order valence-electron chi connectivity index (χ0n) is 17.4. The third-order valence-corrected chi connectivity index (χ3v) is 5.81. The van der Waals surface area contributed by atoms with Gasteiger partial charge in [0, 0.05) is 10.6 Å². The molecule has 4 rings (SSSR count). The van der Waals surface area contributed by atoms with Crippen molar-refractivity contribution < 1.29 is 13.7 Å². The van der Waals surface area contributed by atoms with Gasteiger partial charge in [0.05, 0.1) is 29.5 Å². The lowest BCUT2D eigenvalue weighted by atomic mass is 10.2. The standard InChI is InChI=1S/C20H18Cl2FN7O2/c1-10-17(22)11(2)30(26-10)8-15-12(3)32-28-18(15)19(31)25-20-24-9-29(27-20)7-13-4-5-14(23)6-16(13)21/h4-6,9H,7-8H2,1-3H3,(H,25,27,31). The minimum absolute atomic E-state index is 0.0778. The van der Waals surface area contributed by atoms with Crippen LogP contribution in [0, 0.1) is 26.6 Å². The van der Waals surface area contributed by atoms with E-state index in [9.17, 15) is 9.18 Å². The molecule has 32 heavy (non-hydrogen) atoms. The normalized spacial score (nSPS) is 11.2. The summed E-state index contributed by atoms with van der Waals surface area (Å²) in [5, 5.41) is 15.9. The van der Waals surface area contributed by atoms with Gasteiger partial charge in [0.25, 0.3) is 5.91 Å². The molecular weight excluding hydrogens is 460 g/mol. The van der Waals surface area contributed by atoms with Crippen LogP contribution in [0.4, 0.5) is 10.3 Å². The first-order valence-corrected chi connectivity index (χ1v) is 10.3. The molecule has 0 spiro atoms. The number of aromatic nitrogens is 6. The maximum atomic E-state index is 13.2. The maximum absolute atomic E-state index is 13.2. The number of amides is 1. The maximum Gasteiger partial charge on any atom is 0.280 e. The first-order valence-electron chi connectivity index (χ1n) is 9.52. The van der Waals surface area contributed by atoms with Crippen LogP contribution >= 0.6 is 23.2 Å². The van der Waals surface area contributed by atoms with Gasteiger partial charge in [0.2, 0.25) is 5.95 Å². The Morgan fingerprint density at radius 3 is 2.66 bits per heavy atom. The van der Waals surface area contributed by atoms with Gasteiger partial charge >= 0.3 is 0 Å². The predicted octanol–water partition coefficient (Wildman–Crippen LogP) is 4.18. The van der Waals surface area contributed by atoms with Gasteiger partial charge in [-0.05, 0) is 38.5 Å². The number of rotatable bonds is 6. The van der Waals surface area contributed by atoms with Crippen molar-refractivity contribution in [2.45, 2.75) is 33.9 Å². The molecule has 0 bridgehead atoms. The molecule has 0 aliphatic heterocycles. The largest absolute Gasteiger partial charge is 0.361 e. The third-order valence-electron chi connectivity index (χ3n) is 4.91. The molecule has 1 N–H and O–H groups in total. The summed E-state index contributed by atoms with van der Waals surface area (Å²) in [6.07, 6.45) is 1.43. The number of aryl methyl sites for hydroxylation is 2. The summed E-state index contributed by atoms with van der Waals surface area (Å²) in [5.74, 6) is -0.383. The molecule has 1 amide bonds. The van der Waals surface area contributed by atoms with E-state index in [2.05, 4.69) is 25.7 Å². The second-order valence-corrected chi connectivity index (χ2v) is 7.95. The Bertz CT molecular complexity index is 1310. The monoisotopic (exact) mass is 477 g/mol. The molecule has 3 aromatic heterocycles. The molecule has 0 saturated carbocycles. The first-order chi connectivity index (χ1) is 15.2. The summed E-state index contributed by atoms with van der Waals surface area (Å²) in [4.78, 5) is 16.9. The van der Waals surface area contributed by atoms with Crippen LogP contribution in [0.15, 0.2) is 29.0 Å². The van der Waals surface area contributed by atoms with Crippen molar-refractivity contribution in [3.8, 4) is 0 Å². The zero-order chi connectivity index (χ0) is 23.0. The Morgan fingerprint density at radius 2 is 1.97 bits per heavy atom. The Hall–Kier alpha value is -3.24. The Kier molecular flexibility index (Phi) is 5.98. The van der Waals surface area contributed by atoms with E-state index >= 15 is 0 Å². The molecular formula is C20H18Cl2FN7O2. The number of nitrogens with one attached hydrogen (secondary N) is 1. The number of hydrogen-bond donors (Lipinski definition) is 1. The van der Waals surface area contributed by atoms with Gasteiger partial charge in [-0.15, -0.1) is 5.10 Å². The molecule has 0 fully saturated rings. The van der Waals surface area contributed by atoms with Gasteiger partial charge < -0.3 is 4.52 Å². The fourth-order valence-electron chi connectivity index (χ4n) is 3.15. The molecule has 166 valence electrons. The highest BCUT2D eigenvalue weighted by Crippen LogP contribution is 2.23. The van der Waals surface area contributed by atoms with Gasteiger partial charge in [-0.2, -0.15) is 5.10 Å². The molecule has 0 aliphatic carbocycles. The van der Waals surface area contributed by atoms with Gasteiger partial charge in [-0.1, -0.05) is 34.4 Å². The Morgan fingerprint density at radius 1 is 1.19 bits per heavy atom. The summed E-state index contributed by atoms with van der Waals surface area (Å²) in [7, 11) is 0. The van der Waals surface area contributed by atoms with Crippen LogP contribution < -0.4 is 5.32 Å². The number of benzene rings is 1. The SMILES string of the molecule is Cc1nn(Cc2c(C(=O)Nc3ncn(Cc4ccc(F)cc4Cl)n3)noc2C)c(C)c1Cl. The fourth-order valence-corrected chi connectivity index (χ4v) is 3.51. The molecule has 0 atom stereocenters. The van der Waals surface area contributed by atoms with E-state index in [1.165, 1.54) is 23.1 Å². The number of nitrogens with zero attached hydrogens (tertiary/aromatic N) is 6. The molecule has 12 heteroatoms. The van der Waals surface area contributed by atoms with E-state index < -0.39 is 11.7 Å². The molecule has 4 aromatic rings. The van der Waals surface area contributed by atoms with Crippen LogP contribution in [0.2, 0.25) is 10.0 Å². The van der Waals surface area contributed by atoms with Crippen LogP contribution in [0.25, 0.3) is 0 Å². The van der Waals surface area contributed by atoms with Gasteiger partial charge in [-0.3, -0.25) is 14.8 Å². The Balaban J connectivity index is 1.50. The van der Waals surface area contributed by atoms with Crippen LogP contribution in [-0.4, -0.2) is 35.6 Å². The molecule has 0 radical (unpaired) electrons. The summed E-state index contributed by atoms with van der Waals surface area (Å²) in [6, 6.07) is 4.10. The van der Waals surface area contributed by atoms with Crippen molar-refractivity contribution >= 4 is 35.1 Å². The highest BCUT2D eigenvalue weighted by Gasteiger charge is 2.23. The minimum atomic E-state index is -0.526. The third kappa shape index (κ3) is 4.37. The summed E-state index contributed by atoms with van der Waals surface area (Å²) in [5.41, 5.74) is 2.80. The lowest BCUT2D eigenvalue weighted by Gasteiger charge is -2.05. The number of hydrogen-bond acceptors (Lipinski definition) is 6. The van der Waals surface area contributed by atoms with E-state index in [-0.39, 0.29) is 29.8 Å². The summed E-state index contributed by atoms with van der Waals surface area (Å²) < 4.78 is 21.6. The van der Waals surface area contributed by atoms with Gasteiger partial charge in [0.15, 0.2) is 5.69 Å². The fraction of sp³-hybridized carbons (Fsp3) is 0.250. The van der Waals surface area contributed by atoms with Crippen LogP contribution in [0.1, 0.15) is 38.8 Å². The number of carbonyl (C=O) groups excluding carboxylic acids is 1. The molecule has 1 aromatic carbocycles. The molecule has 3 heterocycles. The lowest BCUT2D eigenvalue weighted by molar-refractivity contribution is 0.101. The molecule has 0 saturated heterocycles. The number of halogens is 3. The quantitative estimate of drug-likeness (QED) is 0.446. The van der Waals surface area contributed by atoms with Crippen molar-refractivity contribution in [1.29, 1.82) is 0 Å². The van der Waals surface area contributed by atoms with Crippen LogP contribution in [0.5, 0.6) is 0 Å². The van der Waals surface area contributed by atoms with Gasteiger partial charge in [0.1, 0.15) is 17.9 Å². The van der Waals surface area contributed by atoms with E-state index in [0.29, 0.717) is 27.6 Å². The van der Waals surface area contributed by atoms with Crippen molar-refractivity contribution in [2.75, 3.05) is 5.32 Å². The average Bonchev–Trinajstić information content (AvgIpc) is 3.40. The van der Waals surface area contributed by atoms with Gasteiger partial charge in [-0.25, -0.2) is 14.1 Å². The molecule has 0 unspecified atom stereocenters. The lowest BCUT2D eigenvalue weighted by Crippen LogP contribution is -2.17. The smallest absolute Gasteiger partial charge is 0.280 e. The number of carbonyl (C=O) groups is 1. The highest BCUT2D eigenvalue weighted by atomic mass is 35.5. The average molecular weight is 478 g/mol. The highest BCUT2D eigenvalue weighted by molar-refractivity contribution is 6.32. The van der Waals surface area contributed by atoms with Crippen molar-refractivity contribution in [3.05, 3.63) is 74.4 Å². The van der Waals surface area contributed by atoms with Crippen molar-refractivity contribution in [2.24, 2.45) is 0 Å². The van der Waals surface area contributed by atoms with Crippen LogP contribution in [-0.2, 0) is 13.1 Å². The Labute approximate surface area is 192 Å². The van der Waals surface area contributed by atoms with Crippen molar-refractivity contribution in [3.63, 3.8) is 0 Å². The second-order valence-electron chi connectivity index (χ2n) is 7.16. The minimum Gasteiger partial charge on any atom is -0.361 e. The summed E-state index contributed by atoms with van der Waals surface area (Å²) in [6.45, 7) is 5.89. The predicted molar refractivity (Wildman–Crippen MR) is 116 cm³/mol. The molecule has 0 aliphatic rings. The second kappa shape index (κ2) is 8.71. The zero-order valence-corrected chi connectivity index (χ0v) is 18.9. The van der Waals surface area contributed by atoms with Crippen LogP contribution in [0.3, 0.4) is 0 Å². The first kappa shape index (κ1) is 22.0. The number of anilines is 1. The van der Waals surface area contributed by atoms with Crippen molar-refractivity contribution in [1.82, 2.24) is 29.7 Å². The topological polar surface area (TPSA) is 104 Å².